The van der Waals surface area contributed by atoms with Crippen LogP contribution < -0.4 is 10.5 Å². The second kappa shape index (κ2) is 5.90. The number of sulfonamides is 1. The van der Waals surface area contributed by atoms with E-state index in [9.17, 15) is 13.2 Å². The van der Waals surface area contributed by atoms with Crippen LogP contribution in [0.15, 0.2) is 53.4 Å². The SMILES string of the molecule is NS(=O)(=O)c1ccccc1NC(=O)c1ccccc1I. The summed E-state index contributed by atoms with van der Waals surface area (Å²) in [6.07, 6.45) is 0. The average molecular weight is 402 g/mol. The molecular formula is C13H11IN2O3S. The molecule has 0 unspecified atom stereocenters. The maximum Gasteiger partial charge on any atom is 0.256 e. The molecule has 104 valence electrons. The first-order valence-electron chi connectivity index (χ1n) is 5.57. The van der Waals surface area contributed by atoms with Crippen LogP contribution in [-0.4, -0.2) is 14.3 Å². The molecule has 0 heterocycles. The number of benzene rings is 2. The third-order valence-electron chi connectivity index (χ3n) is 2.56. The van der Waals surface area contributed by atoms with Crippen LogP contribution in [0.4, 0.5) is 5.69 Å². The van der Waals surface area contributed by atoms with Crippen LogP contribution in [0.3, 0.4) is 0 Å². The van der Waals surface area contributed by atoms with Gasteiger partial charge in [0.1, 0.15) is 4.90 Å². The Labute approximate surface area is 130 Å². The Morgan fingerprint density at radius 2 is 1.65 bits per heavy atom. The number of amides is 1. The Morgan fingerprint density at radius 1 is 1.05 bits per heavy atom. The summed E-state index contributed by atoms with van der Waals surface area (Å²) in [5.74, 6) is -0.383. The fourth-order valence-electron chi connectivity index (χ4n) is 1.65. The van der Waals surface area contributed by atoms with Crippen molar-refractivity contribution in [1.82, 2.24) is 0 Å². The lowest BCUT2D eigenvalue weighted by atomic mass is 10.2. The zero-order valence-corrected chi connectivity index (χ0v) is 13.2. The van der Waals surface area contributed by atoms with Gasteiger partial charge in [-0.05, 0) is 46.9 Å². The third kappa shape index (κ3) is 3.35. The predicted molar refractivity (Wildman–Crippen MR) is 84.9 cm³/mol. The summed E-state index contributed by atoms with van der Waals surface area (Å²) in [5.41, 5.74) is 0.636. The molecule has 0 atom stereocenters. The average Bonchev–Trinajstić information content (AvgIpc) is 2.38. The van der Waals surface area contributed by atoms with Crippen LogP contribution in [-0.2, 0) is 10.0 Å². The summed E-state index contributed by atoms with van der Waals surface area (Å²) < 4.78 is 23.7. The lowest BCUT2D eigenvalue weighted by Gasteiger charge is -2.10. The number of hydrogen-bond acceptors (Lipinski definition) is 3. The van der Waals surface area contributed by atoms with Crippen molar-refractivity contribution < 1.29 is 13.2 Å². The maximum absolute atomic E-state index is 12.2. The normalized spacial score (nSPS) is 11.1. The van der Waals surface area contributed by atoms with Gasteiger partial charge in [-0.3, -0.25) is 4.79 Å². The molecule has 0 saturated carbocycles. The molecule has 0 aliphatic carbocycles. The number of carbonyl (C=O) groups excluding carboxylic acids is 1. The molecule has 0 radical (unpaired) electrons. The van der Waals surface area contributed by atoms with E-state index >= 15 is 0 Å². The van der Waals surface area contributed by atoms with Crippen LogP contribution in [0.25, 0.3) is 0 Å². The minimum Gasteiger partial charge on any atom is -0.321 e. The first-order chi connectivity index (χ1) is 9.39. The molecule has 0 aromatic heterocycles. The monoisotopic (exact) mass is 402 g/mol. The lowest BCUT2D eigenvalue weighted by molar-refractivity contribution is 0.102. The van der Waals surface area contributed by atoms with E-state index in [1.54, 1.807) is 30.3 Å². The van der Waals surface area contributed by atoms with Gasteiger partial charge in [0.05, 0.1) is 11.3 Å². The van der Waals surface area contributed by atoms with Crippen LogP contribution >= 0.6 is 22.6 Å². The van der Waals surface area contributed by atoms with Crippen LogP contribution in [0.2, 0.25) is 0 Å². The van der Waals surface area contributed by atoms with Crippen LogP contribution in [0, 0.1) is 3.57 Å². The van der Waals surface area contributed by atoms with Crippen molar-refractivity contribution >= 4 is 44.2 Å². The fraction of sp³-hybridized carbons (Fsp3) is 0. The maximum atomic E-state index is 12.2. The predicted octanol–water partition coefficient (Wildman–Crippen LogP) is 2.19. The van der Waals surface area contributed by atoms with Gasteiger partial charge < -0.3 is 5.32 Å². The highest BCUT2D eigenvalue weighted by Crippen LogP contribution is 2.21. The van der Waals surface area contributed by atoms with E-state index in [0.717, 1.165) is 3.57 Å². The van der Waals surface area contributed by atoms with Gasteiger partial charge in [0.2, 0.25) is 10.0 Å². The van der Waals surface area contributed by atoms with E-state index in [1.807, 2.05) is 28.7 Å². The van der Waals surface area contributed by atoms with Crippen molar-refractivity contribution in [3.63, 3.8) is 0 Å². The Hall–Kier alpha value is -1.45. The number of primary sulfonamides is 1. The Morgan fingerprint density at radius 3 is 2.30 bits per heavy atom. The van der Waals surface area contributed by atoms with Gasteiger partial charge in [-0.15, -0.1) is 0 Å². The fourth-order valence-corrected chi connectivity index (χ4v) is 2.98. The van der Waals surface area contributed by atoms with Crippen molar-refractivity contribution in [3.8, 4) is 0 Å². The standard InChI is InChI=1S/C13H11IN2O3S/c14-10-6-2-1-5-9(10)13(17)16-11-7-3-4-8-12(11)20(15,18)19/h1-8H,(H,16,17)(H2,15,18,19). The number of anilines is 1. The van der Waals surface area contributed by atoms with Gasteiger partial charge in [-0.1, -0.05) is 24.3 Å². The molecule has 2 rings (SSSR count). The quantitative estimate of drug-likeness (QED) is 0.772. The number of halogens is 1. The number of hydrogen-bond donors (Lipinski definition) is 2. The van der Waals surface area contributed by atoms with Crippen molar-refractivity contribution in [1.29, 1.82) is 0 Å². The number of carbonyl (C=O) groups is 1. The summed E-state index contributed by atoms with van der Waals surface area (Å²) in [6.45, 7) is 0. The number of nitrogens with two attached hydrogens (primary N) is 1. The van der Waals surface area contributed by atoms with Crippen molar-refractivity contribution in [3.05, 3.63) is 57.7 Å². The van der Waals surface area contributed by atoms with E-state index < -0.39 is 10.0 Å². The van der Waals surface area contributed by atoms with Gasteiger partial charge in [-0.25, -0.2) is 13.6 Å². The molecule has 0 bridgehead atoms. The van der Waals surface area contributed by atoms with E-state index in [4.69, 9.17) is 5.14 Å². The van der Waals surface area contributed by atoms with Gasteiger partial charge in [0.25, 0.3) is 5.91 Å². The third-order valence-corrected chi connectivity index (χ3v) is 4.47. The molecule has 2 aromatic carbocycles. The summed E-state index contributed by atoms with van der Waals surface area (Å²) in [6, 6.07) is 13.0. The minimum absolute atomic E-state index is 0.112. The largest absolute Gasteiger partial charge is 0.321 e. The van der Waals surface area contributed by atoms with Crippen LogP contribution in [0.5, 0.6) is 0 Å². The van der Waals surface area contributed by atoms with Crippen molar-refractivity contribution in [2.45, 2.75) is 4.90 Å². The zero-order valence-electron chi connectivity index (χ0n) is 10.2. The van der Waals surface area contributed by atoms with Gasteiger partial charge in [0, 0.05) is 3.57 Å². The molecule has 0 aliphatic rings. The Kier molecular flexibility index (Phi) is 4.41. The molecule has 1 amide bonds. The van der Waals surface area contributed by atoms with Gasteiger partial charge >= 0.3 is 0 Å². The highest BCUT2D eigenvalue weighted by Gasteiger charge is 2.16. The highest BCUT2D eigenvalue weighted by molar-refractivity contribution is 14.1. The molecule has 3 N–H and O–H groups in total. The molecule has 0 fully saturated rings. The first kappa shape index (κ1) is 14.9. The van der Waals surface area contributed by atoms with Crippen LogP contribution in [0.1, 0.15) is 10.4 Å². The van der Waals surface area contributed by atoms with E-state index in [-0.39, 0.29) is 16.5 Å². The molecule has 2 aromatic rings. The topological polar surface area (TPSA) is 89.3 Å². The minimum atomic E-state index is -3.89. The molecule has 0 spiro atoms. The van der Waals surface area contributed by atoms with Gasteiger partial charge in [0.15, 0.2) is 0 Å². The van der Waals surface area contributed by atoms with E-state index in [0.29, 0.717) is 5.56 Å². The van der Waals surface area contributed by atoms with E-state index in [1.165, 1.54) is 12.1 Å². The molecule has 0 aliphatic heterocycles. The van der Waals surface area contributed by atoms with Gasteiger partial charge in [-0.2, -0.15) is 0 Å². The molecule has 5 nitrogen and oxygen atoms in total. The second-order valence-corrected chi connectivity index (χ2v) is 6.67. The summed E-state index contributed by atoms with van der Waals surface area (Å²) in [5, 5.41) is 7.69. The van der Waals surface area contributed by atoms with Crippen molar-refractivity contribution in [2.24, 2.45) is 5.14 Å². The summed E-state index contributed by atoms with van der Waals surface area (Å²) in [7, 11) is -3.89. The smallest absolute Gasteiger partial charge is 0.256 e. The Balaban J connectivity index is 2.37. The second-order valence-electron chi connectivity index (χ2n) is 3.98. The Bertz CT molecular complexity index is 760. The summed E-state index contributed by atoms with van der Waals surface area (Å²) >= 11 is 2.04. The lowest BCUT2D eigenvalue weighted by Crippen LogP contribution is -2.18. The highest BCUT2D eigenvalue weighted by atomic mass is 127. The number of rotatable bonds is 3. The van der Waals surface area contributed by atoms with Crippen molar-refractivity contribution in [2.75, 3.05) is 5.32 Å². The molecule has 0 saturated heterocycles. The number of nitrogens with one attached hydrogen (secondary N) is 1. The number of para-hydroxylation sites is 1. The first-order valence-corrected chi connectivity index (χ1v) is 8.20. The molecule has 20 heavy (non-hydrogen) atoms. The molecule has 7 heteroatoms. The summed E-state index contributed by atoms with van der Waals surface area (Å²) in [4.78, 5) is 12.1. The zero-order chi connectivity index (χ0) is 14.8. The molecular weight excluding hydrogens is 391 g/mol. The van der Waals surface area contributed by atoms with E-state index in [2.05, 4.69) is 5.32 Å².